The first-order chi connectivity index (χ1) is 5.04. The number of rotatable bonds is 2. The first-order valence-electron chi connectivity index (χ1n) is 3.54. The van der Waals surface area contributed by atoms with Gasteiger partial charge in [-0.3, -0.25) is 23.7 Å². The molecule has 4 fully saturated rings. The average molecular weight is 158 g/mol. The van der Waals surface area contributed by atoms with Crippen molar-refractivity contribution in [3.63, 3.8) is 0 Å². The summed E-state index contributed by atoms with van der Waals surface area (Å²) < 4.78 is 25.6. The van der Waals surface area contributed by atoms with Gasteiger partial charge in [0.2, 0.25) is 0 Å². The van der Waals surface area contributed by atoms with E-state index in [4.69, 9.17) is 23.7 Å². The summed E-state index contributed by atoms with van der Waals surface area (Å²) >= 11 is 0. The summed E-state index contributed by atoms with van der Waals surface area (Å²) in [6, 6.07) is 0. The Morgan fingerprint density at radius 1 is 0.818 bits per heavy atom. The quantitative estimate of drug-likeness (QED) is 0.523. The van der Waals surface area contributed by atoms with Gasteiger partial charge in [0.25, 0.3) is 11.6 Å². The topological polar surface area (TPSA) is 59.4 Å². The van der Waals surface area contributed by atoms with Crippen molar-refractivity contribution in [3.8, 4) is 0 Å². The average Bonchev–Trinajstić information content (AvgIpc) is 2.57. The van der Waals surface area contributed by atoms with E-state index in [1.165, 1.54) is 0 Å². The van der Waals surface area contributed by atoms with Crippen LogP contribution in [0.2, 0.25) is 0 Å². The second kappa shape index (κ2) is 0.915. The van der Waals surface area contributed by atoms with Gasteiger partial charge in [0.1, 0.15) is 0 Å². The molecule has 0 aromatic rings. The summed E-state index contributed by atoms with van der Waals surface area (Å²) in [6.07, 6.45) is 0. The molecule has 4 aliphatic heterocycles. The van der Waals surface area contributed by atoms with Crippen molar-refractivity contribution in [2.75, 3.05) is 0 Å². The Balaban J connectivity index is 1.58. The van der Waals surface area contributed by atoms with Crippen LogP contribution in [0.25, 0.3) is 0 Å². The van der Waals surface area contributed by atoms with Crippen LogP contribution in [-0.2, 0) is 23.7 Å². The lowest BCUT2D eigenvalue weighted by molar-refractivity contribution is -0.302. The van der Waals surface area contributed by atoms with E-state index in [1.54, 1.807) is 0 Å². The van der Waals surface area contributed by atoms with Gasteiger partial charge >= 0.3 is 11.9 Å². The summed E-state index contributed by atoms with van der Waals surface area (Å²) in [6.45, 7) is 3.62. The van der Waals surface area contributed by atoms with Gasteiger partial charge in [-0.05, 0) is 13.8 Å². The maximum Gasteiger partial charge on any atom is 0.350 e. The van der Waals surface area contributed by atoms with Gasteiger partial charge in [0, 0.05) is 0 Å². The second-order valence-corrected chi connectivity index (χ2v) is 3.51. The first kappa shape index (κ1) is 5.45. The molecule has 5 heteroatoms. The van der Waals surface area contributed by atoms with Crippen LogP contribution < -0.4 is 0 Å². The van der Waals surface area contributed by atoms with Crippen LogP contribution in [0.5, 0.6) is 0 Å². The van der Waals surface area contributed by atoms with E-state index >= 15 is 0 Å². The Labute approximate surface area is 62.1 Å². The van der Waals surface area contributed by atoms with Crippen molar-refractivity contribution in [1.29, 1.82) is 0 Å². The first-order valence-corrected chi connectivity index (χ1v) is 3.54. The molecule has 0 N–H and O–H groups in total. The zero-order chi connectivity index (χ0) is 7.54. The molecule has 0 bridgehead atoms. The highest BCUT2D eigenvalue weighted by molar-refractivity contribution is 5.16. The molecule has 60 valence electrons. The maximum atomic E-state index is 5.31. The Morgan fingerprint density at radius 3 is 1.27 bits per heavy atom. The number of epoxide rings is 4. The van der Waals surface area contributed by atoms with Crippen molar-refractivity contribution in [2.45, 2.75) is 37.4 Å². The SMILES string of the molecule is CC12OC1(OC13OC1(C)O3)O2. The minimum absolute atomic E-state index is 0.513. The second-order valence-electron chi connectivity index (χ2n) is 3.51. The number of hydrogen-bond acceptors (Lipinski definition) is 5. The smallest absolute Gasteiger partial charge is 0.282 e. The Morgan fingerprint density at radius 2 is 1.09 bits per heavy atom. The molecule has 0 saturated carbocycles. The number of ether oxygens (including phenoxy) is 5. The molecule has 5 nitrogen and oxygen atoms in total. The fourth-order valence-electron chi connectivity index (χ4n) is 1.38. The van der Waals surface area contributed by atoms with Gasteiger partial charge in [-0.1, -0.05) is 0 Å². The molecule has 0 spiro atoms. The Bertz CT molecular complexity index is 245. The fourth-order valence-corrected chi connectivity index (χ4v) is 1.38. The predicted molar refractivity (Wildman–Crippen MR) is 27.7 cm³/mol. The number of fused-ring (bicyclic) bond motifs is 2. The lowest BCUT2D eigenvalue weighted by Crippen LogP contribution is -2.14. The molecule has 4 aliphatic rings. The molecule has 4 rings (SSSR count). The predicted octanol–water partition coefficient (Wildman–Crippen LogP) is -0.136. The standard InChI is InChI=1S/C6H6O5/c1-3-5(7-3,8-3)11-6-4(2,9-6)10-6/h1-2H3. The third-order valence-electron chi connectivity index (χ3n) is 2.53. The summed E-state index contributed by atoms with van der Waals surface area (Å²) in [4.78, 5) is 0. The van der Waals surface area contributed by atoms with E-state index in [1.807, 2.05) is 13.8 Å². The molecule has 0 amide bonds. The maximum absolute atomic E-state index is 5.31. The van der Waals surface area contributed by atoms with Crippen molar-refractivity contribution in [3.05, 3.63) is 0 Å². The van der Waals surface area contributed by atoms with E-state index in [-0.39, 0.29) is 0 Å². The molecular weight excluding hydrogens is 152 g/mol. The van der Waals surface area contributed by atoms with Crippen molar-refractivity contribution < 1.29 is 23.7 Å². The minimum Gasteiger partial charge on any atom is -0.282 e. The highest BCUT2D eigenvalue weighted by Crippen LogP contribution is 2.77. The summed E-state index contributed by atoms with van der Waals surface area (Å²) in [5.41, 5.74) is 0. The van der Waals surface area contributed by atoms with Crippen LogP contribution in [-0.4, -0.2) is 23.5 Å². The van der Waals surface area contributed by atoms with Crippen LogP contribution in [0.4, 0.5) is 0 Å². The fraction of sp³-hybridized carbons (Fsp3) is 1.00. The zero-order valence-electron chi connectivity index (χ0n) is 6.04. The van der Waals surface area contributed by atoms with E-state index in [0.717, 1.165) is 0 Å². The van der Waals surface area contributed by atoms with Crippen molar-refractivity contribution in [1.82, 2.24) is 0 Å². The van der Waals surface area contributed by atoms with Gasteiger partial charge in [0.05, 0.1) is 0 Å². The molecule has 11 heavy (non-hydrogen) atoms. The zero-order valence-corrected chi connectivity index (χ0v) is 6.04. The molecule has 0 unspecified atom stereocenters. The van der Waals surface area contributed by atoms with E-state index < -0.39 is 23.5 Å². The third-order valence-corrected chi connectivity index (χ3v) is 2.53. The molecule has 4 saturated heterocycles. The van der Waals surface area contributed by atoms with Crippen LogP contribution in [0, 0.1) is 0 Å². The highest BCUT2D eigenvalue weighted by atomic mass is 17.2. The molecule has 0 radical (unpaired) electrons. The highest BCUT2D eigenvalue weighted by Gasteiger charge is 3.01. The Hall–Kier alpha value is -0.200. The number of hydrogen-bond donors (Lipinski definition) is 0. The normalized spacial score (nSPS) is 80.2. The van der Waals surface area contributed by atoms with Crippen LogP contribution in [0.15, 0.2) is 0 Å². The Kier molecular flexibility index (Phi) is 0.453. The third kappa shape index (κ3) is 0.376. The molecule has 0 aromatic carbocycles. The molecule has 0 aliphatic carbocycles. The van der Waals surface area contributed by atoms with Crippen LogP contribution >= 0.6 is 0 Å². The molecule has 0 aromatic heterocycles. The van der Waals surface area contributed by atoms with Gasteiger partial charge in [-0.25, -0.2) is 0 Å². The van der Waals surface area contributed by atoms with Crippen molar-refractivity contribution >= 4 is 0 Å². The van der Waals surface area contributed by atoms with Gasteiger partial charge in [0.15, 0.2) is 0 Å². The lowest BCUT2D eigenvalue weighted by atomic mass is 10.5. The monoisotopic (exact) mass is 158 g/mol. The van der Waals surface area contributed by atoms with E-state index in [9.17, 15) is 0 Å². The van der Waals surface area contributed by atoms with Crippen molar-refractivity contribution in [2.24, 2.45) is 0 Å². The largest absolute Gasteiger partial charge is 0.350 e. The summed E-state index contributed by atoms with van der Waals surface area (Å²) in [7, 11) is 0. The van der Waals surface area contributed by atoms with Gasteiger partial charge < -0.3 is 0 Å². The van der Waals surface area contributed by atoms with Crippen LogP contribution in [0.3, 0.4) is 0 Å². The molecule has 4 heterocycles. The summed E-state index contributed by atoms with van der Waals surface area (Å²) in [5.74, 6) is -2.69. The lowest BCUT2D eigenvalue weighted by Gasteiger charge is -2.00. The molecular formula is C6H6O5. The van der Waals surface area contributed by atoms with Gasteiger partial charge in [-0.15, -0.1) is 0 Å². The van der Waals surface area contributed by atoms with E-state index in [2.05, 4.69) is 0 Å². The minimum atomic E-state index is -0.832. The molecule has 0 atom stereocenters. The van der Waals surface area contributed by atoms with E-state index in [0.29, 0.717) is 0 Å². The summed E-state index contributed by atoms with van der Waals surface area (Å²) in [5, 5.41) is 0. The van der Waals surface area contributed by atoms with Gasteiger partial charge in [-0.2, -0.15) is 0 Å². The van der Waals surface area contributed by atoms with Crippen LogP contribution in [0.1, 0.15) is 13.8 Å².